The van der Waals surface area contributed by atoms with Gasteiger partial charge in [0.25, 0.3) is 5.91 Å². The normalized spacial score (nSPS) is 24.1. The Kier molecular flexibility index (Phi) is 11.2. The molecular formula is C41H51N5O9S. The van der Waals surface area contributed by atoms with Crippen LogP contribution in [0.2, 0.25) is 0 Å². The van der Waals surface area contributed by atoms with E-state index < -0.39 is 62.8 Å². The van der Waals surface area contributed by atoms with Crippen LogP contribution in [-0.2, 0) is 29.1 Å². The van der Waals surface area contributed by atoms with Gasteiger partial charge in [-0.1, -0.05) is 57.5 Å². The summed E-state index contributed by atoms with van der Waals surface area (Å²) in [6.07, 6.45) is 3.67. The van der Waals surface area contributed by atoms with Crippen molar-refractivity contribution in [1.82, 2.24) is 25.2 Å². The number of likely N-dealkylation sites (tertiary alicyclic amines) is 1. The Labute approximate surface area is 327 Å². The fraction of sp³-hybridized carbons (Fsp3) is 0.537. The van der Waals surface area contributed by atoms with Crippen molar-refractivity contribution in [3.63, 3.8) is 0 Å². The SMILES string of the molecule is CCC1CC1(NC(=O)[C@@H]1C[C@@H](Oc2cc(-c3ccccc3)nc3cc(OC)ccc23)CN1C(=O)[C@@H](NC(=O)OC1CCCC1)C(C)C)C(=O)NS(=O)(=O)C1CC1. The smallest absolute Gasteiger partial charge is 0.408 e. The lowest BCUT2D eigenvalue weighted by Crippen LogP contribution is -2.59. The van der Waals surface area contributed by atoms with Crippen LogP contribution in [-0.4, -0.2) is 90.9 Å². The first-order chi connectivity index (χ1) is 26.8. The number of benzene rings is 2. The van der Waals surface area contributed by atoms with Gasteiger partial charge in [-0.15, -0.1) is 0 Å². The van der Waals surface area contributed by atoms with Crippen molar-refractivity contribution < 1.29 is 41.8 Å². The summed E-state index contributed by atoms with van der Waals surface area (Å²) in [5, 5.41) is 5.74. The van der Waals surface area contributed by atoms with Gasteiger partial charge in [-0.25, -0.2) is 18.2 Å². The first-order valence-corrected chi connectivity index (χ1v) is 21.2. The monoisotopic (exact) mass is 789 g/mol. The molecule has 3 saturated carbocycles. The second-order valence-corrected chi connectivity index (χ2v) is 17.8. The van der Waals surface area contributed by atoms with Crippen LogP contribution in [0.5, 0.6) is 11.5 Å². The molecule has 3 N–H and O–H groups in total. The molecule has 2 aromatic carbocycles. The van der Waals surface area contributed by atoms with Crippen molar-refractivity contribution in [3.05, 3.63) is 54.6 Å². The van der Waals surface area contributed by atoms with Crippen molar-refractivity contribution >= 4 is 44.7 Å². The first kappa shape index (κ1) is 39.3. The van der Waals surface area contributed by atoms with Crippen molar-refractivity contribution in [2.24, 2.45) is 11.8 Å². The number of methoxy groups -OCH3 is 1. The van der Waals surface area contributed by atoms with Gasteiger partial charge in [-0.3, -0.25) is 19.1 Å². The minimum atomic E-state index is -3.87. The lowest BCUT2D eigenvalue weighted by molar-refractivity contribution is -0.141. The topological polar surface area (TPSA) is 182 Å². The van der Waals surface area contributed by atoms with Gasteiger partial charge in [0, 0.05) is 29.5 Å². The highest BCUT2D eigenvalue weighted by atomic mass is 32.2. The second-order valence-electron chi connectivity index (χ2n) is 15.9. The Hall–Kier alpha value is -4.92. The number of amides is 4. The van der Waals surface area contributed by atoms with Gasteiger partial charge in [0.05, 0.1) is 30.1 Å². The van der Waals surface area contributed by atoms with Crippen LogP contribution in [0.25, 0.3) is 22.2 Å². The van der Waals surface area contributed by atoms with E-state index in [4.69, 9.17) is 19.2 Å². The van der Waals surface area contributed by atoms with Crippen molar-refractivity contribution in [2.45, 2.75) is 114 Å². The number of carbonyl (C=O) groups is 4. The van der Waals surface area contributed by atoms with E-state index in [2.05, 4.69) is 15.4 Å². The van der Waals surface area contributed by atoms with E-state index >= 15 is 0 Å². The molecule has 4 aliphatic rings. The van der Waals surface area contributed by atoms with Crippen LogP contribution in [0.1, 0.15) is 78.6 Å². The summed E-state index contributed by atoms with van der Waals surface area (Å²) in [5.41, 5.74) is 0.701. The molecule has 4 amide bonds. The zero-order valence-corrected chi connectivity index (χ0v) is 33.1. The fourth-order valence-corrected chi connectivity index (χ4v) is 9.38. The number of hydrogen-bond acceptors (Lipinski definition) is 10. The molecule has 0 radical (unpaired) electrons. The summed E-state index contributed by atoms with van der Waals surface area (Å²) in [4.78, 5) is 61.9. The number of nitrogens with zero attached hydrogens (tertiary/aromatic N) is 2. The molecule has 4 fully saturated rings. The van der Waals surface area contributed by atoms with E-state index in [0.29, 0.717) is 47.4 Å². The van der Waals surface area contributed by atoms with E-state index in [1.807, 2.05) is 55.5 Å². The molecule has 5 atom stereocenters. The zero-order chi connectivity index (χ0) is 39.8. The van der Waals surface area contributed by atoms with Gasteiger partial charge in [0.2, 0.25) is 21.8 Å². The predicted molar refractivity (Wildman–Crippen MR) is 208 cm³/mol. The van der Waals surface area contributed by atoms with Crippen molar-refractivity contribution in [3.8, 4) is 22.8 Å². The second kappa shape index (κ2) is 15.9. The van der Waals surface area contributed by atoms with Gasteiger partial charge >= 0.3 is 6.09 Å². The highest BCUT2D eigenvalue weighted by molar-refractivity contribution is 7.91. The van der Waals surface area contributed by atoms with E-state index in [9.17, 15) is 27.6 Å². The Morgan fingerprint density at radius 3 is 2.36 bits per heavy atom. The lowest BCUT2D eigenvalue weighted by Gasteiger charge is -2.31. The van der Waals surface area contributed by atoms with Crippen molar-refractivity contribution in [1.29, 1.82) is 0 Å². The molecular weight excluding hydrogens is 739 g/mol. The molecule has 1 saturated heterocycles. The molecule has 7 rings (SSSR count). The van der Waals surface area contributed by atoms with Gasteiger partial charge in [-0.2, -0.15) is 0 Å². The molecule has 2 heterocycles. The maximum atomic E-state index is 14.5. The summed E-state index contributed by atoms with van der Waals surface area (Å²) in [6.45, 7) is 5.47. The largest absolute Gasteiger partial charge is 0.497 e. The summed E-state index contributed by atoms with van der Waals surface area (Å²) in [5.74, 6) is -1.42. The highest BCUT2D eigenvalue weighted by Crippen LogP contribution is 2.47. The van der Waals surface area contributed by atoms with Crippen LogP contribution in [0.4, 0.5) is 4.79 Å². The molecule has 300 valence electrons. The number of alkyl carbamates (subject to hydrolysis) is 1. The Morgan fingerprint density at radius 1 is 0.982 bits per heavy atom. The van der Waals surface area contributed by atoms with Crippen LogP contribution < -0.4 is 24.8 Å². The third-order valence-corrected chi connectivity index (χ3v) is 13.3. The third-order valence-electron chi connectivity index (χ3n) is 11.5. The molecule has 3 aliphatic carbocycles. The minimum Gasteiger partial charge on any atom is -0.497 e. The van der Waals surface area contributed by atoms with Crippen LogP contribution in [0, 0.1) is 11.8 Å². The predicted octanol–water partition coefficient (Wildman–Crippen LogP) is 4.85. The van der Waals surface area contributed by atoms with Gasteiger partial charge < -0.3 is 29.7 Å². The maximum Gasteiger partial charge on any atom is 0.408 e. The summed E-state index contributed by atoms with van der Waals surface area (Å²) in [6, 6.07) is 14.8. The number of aromatic nitrogens is 1. The molecule has 14 nitrogen and oxygen atoms in total. The van der Waals surface area contributed by atoms with Crippen LogP contribution >= 0.6 is 0 Å². The molecule has 0 spiro atoms. The molecule has 3 aromatic rings. The Morgan fingerprint density at radius 2 is 1.71 bits per heavy atom. The van der Waals surface area contributed by atoms with E-state index in [1.54, 1.807) is 27.0 Å². The maximum absolute atomic E-state index is 14.5. The number of nitrogens with one attached hydrogen (secondary N) is 3. The first-order valence-electron chi connectivity index (χ1n) is 19.7. The zero-order valence-electron chi connectivity index (χ0n) is 32.3. The standard InChI is InChI=1S/C41H51N5O9S/c1-5-26-22-41(26,39(49)45-56(51,52)30-16-17-30)44-37(47)34-20-29(23-46(34)38(48)36(24(2)3)43-40(50)55-27-13-9-10-14-27)54-35-21-32(25-11-7-6-8-12-25)42-33-19-28(53-4)15-18-31(33)35/h6-8,11-12,15,18-19,21,24,26-27,29-30,34,36H,5,9-10,13-14,16-17,20,22-23H2,1-4H3,(H,43,50)(H,44,47)(H,45,49)/t26?,29-,34+,36+,41?/m1/s1. The van der Waals surface area contributed by atoms with Gasteiger partial charge in [0.1, 0.15) is 41.3 Å². The minimum absolute atomic E-state index is 0.00735. The Balaban J connectivity index is 1.19. The van der Waals surface area contributed by atoms with Gasteiger partial charge in [-0.05, 0) is 68.9 Å². The number of carbonyl (C=O) groups excluding carboxylic acids is 4. The number of hydrogen-bond donors (Lipinski definition) is 3. The third kappa shape index (κ3) is 8.28. The average Bonchev–Trinajstić information content (AvgIpc) is 4.07. The Bertz CT molecular complexity index is 2090. The summed E-state index contributed by atoms with van der Waals surface area (Å²) >= 11 is 0. The number of fused-ring (bicyclic) bond motifs is 1. The molecule has 1 aliphatic heterocycles. The average molecular weight is 790 g/mol. The molecule has 15 heteroatoms. The van der Waals surface area contributed by atoms with Gasteiger partial charge in [0.15, 0.2) is 0 Å². The summed E-state index contributed by atoms with van der Waals surface area (Å²) < 4.78 is 45.6. The lowest BCUT2D eigenvalue weighted by atomic mass is 10.0. The number of ether oxygens (including phenoxy) is 3. The quantitative estimate of drug-likeness (QED) is 0.204. The number of pyridine rings is 1. The van der Waals surface area contributed by atoms with E-state index in [1.165, 1.54) is 4.90 Å². The van der Waals surface area contributed by atoms with Crippen molar-refractivity contribution in [2.75, 3.05) is 13.7 Å². The highest BCUT2D eigenvalue weighted by Gasteiger charge is 2.62. The van der Waals surface area contributed by atoms with E-state index in [-0.39, 0.29) is 37.3 Å². The van der Waals surface area contributed by atoms with Crippen LogP contribution in [0.15, 0.2) is 54.6 Å². The molecule has 0 bridgehead atoms. The molecule has 2 unspecified atom stereocenters. The van der Waals surface area contributed by atoms with E-state index in [0.717, 1.165) is 31.2 Å². The van der Waals surface area contributed by atoms with Crippen LogP contribution in [0.3, 0.4) is 0 Å². The fourth-order valence-electron chi connectivity index (χ4n) is 8.02. The molecule has 56 heavy (non-hydrogen) atoms. The number of sulfonamides is 1. The molecule has 1 aromatic heterocycles. The number of rotatable bonds is 14. The summed E-state index contributed by atoms with van der Waals surface area (Å²) in [7, 11) is -2.30.